The van der Waals surface area contributed by atoms with E-state index in [4.69, 9.17) is 17.3 Å². The van der Waals surface area contributed by atoms with Crippen molar-refractivity contribution >= 4 is 27.5 Å². The predicted octanol–water partition coefficient (Wildman–Crippen LogP) is 2.64. The number of hydrogen-bond donors (Lipinski definition) is 1. The Morgan fingerprint density at radius 1 is 1.53 bits per heavy atom. The van der Waals surface area contributed by atoms with E-state index < -0.39 is 0 Å². The maximum Gasteiger partial charge on any atom is 0.0551 e. The third kappa shape index (κ3) is 2.36. The van der Waals surface area contributed by atoms with Crippen molar-refractivity contribution in [1.29, 1.82) is 0 Å². The zero-order valence-corrected chi connectivity index (χ0v) is 10.8. The van der Waals surface area contributed by atoms with Crippen LogP contribution >= 0.6 is 27.5 Å². The third-order valence-electron chi connectivity index (χ3n) is 2.94. The molecule has 0 bridgehead atoms. The van der Waals surface area contributed by atoms with Gasteiger partial charge in [-0.2, -0.15) is 0 Å². The molecule has 2 rings (SSSR count). The van der Waals surface area contributed by atoms with Gasteiger partial charge in [-0.1, -0.05) is 23.7 Å². The summed E-state index contributed by atoms with van der Waals surface area (Å²) in [4.78, 5) is 2.39. The molecule has 1 atom stereocenters. The standard InChI is InChI=1S/C11H14BrClN2/c12-11-8(2-1-3-10(11)13)7-15-5-4-9(15)6-14/h1-3,9H,4-7,14H2. The van der Waals surface area contributed by atoms with E-state index in [9.17, 15) is 0 Å². The van der Waals surface area contributed by atoms with Crippen LogP contribution in [0.4, 0.5) is 0 Å². The first-order valence-corrected chi connectivity index (χ1v) is 6.26. The smallest absolute Gasteiger partial charge is 0.0551 e. The van der Waals surface area contributed by atoms with Crippen LogP contribution in [0.2, 0.25) is 5.02 Å². The molecule has 4 heteroatoms. The number of benzene rings is 1. The molecule has 2 nitrogen and oxygen atoms in total. The number of nitrogens with zero attached hydrogens (tertiary/aromatic N) is 1. The largest absolute Gasteiger partial charge is 0.329 e. The maximum atomic E-state index is 6.04. The van der Waals surface area contributed by atoms with Crippen LogP contribution in [-0.4, -0.2) is 24.0 Å². The number of hydrogen-bond acceptors (Lipinski definition) is 2. The monoisotopic (exact) mass is 288 g/mol. The van der Waals surface area contributed by atoms with Gasteiger partial charge in [-0.15, -0.1) is 0 Å². The maximum absolute atomic E-state index is 6.04. The number of nitrogens with two attached hydrogens (primary N) is 1. The molecular weight excluding hydrogens is 275 g/mol. The van der Waals surface area contributed by atoms with E-state index in [-0.39, 0.29) is 0 Å². The summed E-state index contributed by atoms with van der Waals surface area (Å²) < 4.78 is 1.01. The van der Waals surface area contributed by atoms with Crippen LogP contribution < -0.4 is 5.73 Å². The van der Waals surface area contributed by atoms with Crippen molar-refractivity contribution in [3.63, 3.8) is 0 Å². The van der Waals surface area contributed by atoms with Crippen molar-refractivity contribution in [3.8, 4) is 0 Å². The molecule has 0 spiro atoms. The molecule has 82 valence electrons. The van der Waals surface area contributed by atoms with Crippen molar-refractivity contribution in [3.05, 3.63) is 33.3 Å². The van der Waals surface area contributed by atoms with Gasteiger partial charge in [0.25, 0.3) is 0 Å². The van der Waals surface area contributed by atoms with E-state index in [0.29, 0.717) is 6.04 Å². The number of likely N-dealkylation sites (tertiary alicyclic amines) is 1. The normalized spacial score (nSPS) is 21.4. The molecule has 1 saturated heterocycles. The van der Waals surface area contributed by atoms with Gasteiger partial charge in [-0.3, -0.25) is 4.90 Å². The van der Waals surface area contributed by atoms with Crippen LogP contribution in [0.15, 0.2) is 22.7 Å². The average molecular weight is 290 g/mol. The van der Waals surface area contributed by atoms with E-state index in [1.807, 2.05) is 12.1 Å². The Morgan fingerprint density at radius 3 is 2.93 bits per heavy atom. The van der Waals surface area contributed by atoms with Crippen LogP contribution in [0, 0.1) is 0 Å². The molecule has 1 fully saturated rings. The van der Waals surface area contributed by atoms with Gasteiger partial charge in [-0.05, 0) is 34.0 Å². The minimum Gasteiger partial charge on any atom is -0.329 e. The minimum atomic E-state index is 0.552. The molecule has 0 amide bonds. The van der Waals surface area contributed by atoms with Gasteiger partial charge in [0.1, 0.15) is 0 Å². The molecule has 1 aromatic rings. The molecule has 0 saturated carbocycles. The first-order valence-electron chi connectivity index (χ1n) is 5.09. The van der Waals surface area contributed by atoms with Gasteiger partial charge < -0.3 is 5.73 Å². The topological polar surface area (TPSA) is 29.3 Å². The average Bonchev–Trinajstić information content (AvgIpc) is 2.19. The highest BCUT2D eigenvalue weighted by molar-refractivity contribution is 9.10. The van der Waals surface area contributed by atoms with Crippen LogP contribution in [0.1, 0.15) is 12.0 Å². The highest BCUT2D eigenvalue weighted by Crippen LogP contribution is 2.29. The second kappa shape index (κ2) is 4.83. The zero-order chi connectivity index (χ0) is 10.8. The third-order valence-corrected chi connectivity index (χ3v) is 4.42. The van der Waals surface area contributed by atoms with Crippen LogP contribution in [0.25, 0.3) is 0 Å². The molecule has 15 heavy (non-hydrogen) atoms. The van der Waals surface area contributed by atoms with Crippen LogP contribution in [0.5, 0.6) is 0 Å². The fourth-order valence-electron chi connectivity index (χ4n) is 1.86. The lowest BCUT2D eigenvalue weighted by molar-refractivity contribution is 0.0880. The van der Waals surface area contributed by atoms with Gasteiger partial charge in [-0.25, -0.2) is 0 Å². The van der Waals surface area contributed by atoms with E-state index in [0.717, 1.165) is 29.1 Å². The Morgan fingerprint density at radius 2 is 2.33 bits per heavy atom. The first kappa shape index (κ1) is 11.4. The molecule has 1 aromatic carbocycles. The van der Waals surface area contributed by atoms with E-state index in [2.05, 4.69) is 26.9 Å². The zero-order valence-electron chi connectivity index (χ0n) is 8.42. The second-order valence-corrected chi connectivity index (χ2v) is 5.06. The van der Waals surface area contributed by atoms with Crippen molar-refractivity contribution in [2.75, 3.05) is 13.1 Å². The summed E-state index contributed by atoms with van der Waals surface area (Å²) in [5.74, 6) is 0. The molecule has 1 unspecified atom stereocenters. The Bertz CT molecular complexity index is 354. The first-order chi connectivity index (χ1) is 7.22. The van der Waals surface area contributed by atoms with Gasteiger partial charge in [0.2, 0.25) is 0 Å². The molecule has 0 aliphatic carbocycles. The molecular formula is C11H14BrClN2. The molecule has 0 aromatic heterocycles. The lowest BCUT2D eigenvalue weighted by Crippen LogP contribution is -2.50. The van der Waals surface area contributed by atoms with Gasteiger partial charge in [0.15, 0.2) is 0 Å². The predicted molar refractivity (Wildman–Crippen MR) is 67.0 cm³/mol. The van der Waals surface area contributed by atoms with Crippen LogP contribution in [0.3, 0.4) is 0 Å². The molecule has 0 radical (unpaired) electrons. The van der Waals surface area contributed by atoms with E-state index in [1.54, 1.807) is 0 Å². The Balaban J connectivity index is 2.08. The number of rotatable bonds is 3. The lowest BCUT2D eigenvalue weighted by Gasteiger charge is -2.40. The van der Waals surface area contributed by atoms with Crippen LogP contribution in [-0.2, 0) is 6.54 Å². The minimum absolute atomic E-state index is 0.552. The fraction of sp³-hybridized carbons (Fsp3) is 0.455. The molecule has 1 aliphatic heterocycles. The summed E-state index contributed by atoms with van der Waals surface area (Å²) >= 11 is 9.55. The molecule has 2 N–H and O–H groups in total. The van der Waals surface area contributed by atoms with Gasteiger partial charge >= 0.3 is 0 Å². The van der Waals surface area contributed by atoms with Gasteiger partial charge in [0, 0.05) is 30.1 Å². The lowest BCUT2D eigenvalue weighted by atomic mass is 10.0. The number of halogens is 2. The molecule has 1 aliphatic rings. The summed E-state index contributed by atoms with van der Waals surface area (Å²) in [6, 6.07) is 6.53. The van der Waals surface area contributed by atoms with Crippen molar-refractivity contribution in [2.45, 2.75) is 19.0 Å². The Hall–Kier alpha value is -0.0900. The summed E-state index contributed by atoms with van der Waals surface area (Å²) in [7, 11) is 0. The summed E-state index contributed by atoms with van der Waals surface area (Å²) in [6.45, 7) is 2.82. The van der Waals surface area contributed by atoms with Crippen molar-refractivity contribution in [2.24, 2.45) is 5.73 Å². The quantitative estimate of drug-likeness (QED) is 0.927. The highest BCUT2D eigenvalue weighted by atomic mass is 79.9. The Labute approximate surface area is 104 Å². The Kier molecular flexibility index (Phi) is 3.67. The summed E-state index contributed by atoms with van der Waals surface area (Å²) in [5.41, 5.74) is 6.90. The fourth-order valence-corrected chi connectivity index (χ4v) is 2.44. The second-order valence-electron chi connectivity index (χ2n) is 3.86. The SMILES string of the molecule is NCC1CCN1Cc1cccc(Cl)c1Br. The van der Waals surface area contributed by atoms with E-state index >= 15 is 0 Å². The van der Waals surface area contributed by atoms with Gasteiger partial charge in [0.05, 0.1) is 5.02 Å². The highest BCUT2D eigenvalue weighted by Gasteiger charge is 2.26. The van der Waals surface area contributed by atoms with Crippen molar-refractivity contribution in [1.82, 2.24) is 4.90 Å². The summed E-state index contributed by atoms with van der Waals surface area (Å²) in [6.07, 6.45) is 1.22. The van der Waals surface area contributed by atoms with Crippen molar-refractivity contribution < 1.29 is 0 Å². The van der Waals surface area contributed by atoms with E-state index in [1.165, 1.54) is 12.0 Å². The molecule has 1 heterocycles. The summed E-state index contributed by atoms with van der Waals surface area (Å²) in [5, 5.41) is 0.775.